The van der Waals surface area contributed by atoms with E-state index in [0.29, 0.717) is 13.0 Å². The van der Waals surface area contributed by atoms with E-state index in [1.54, 1.807) is 7.11 Å². The maximum atomic E-state index is 12.4. The fraction of sp³-hybridized carbons (Fsp3) is 0.474. The Hall–Kier alpha value is -2.50. The summed E-state index contributed by atoms with van der Waals surface area (Å²) in [7, 11) is 1.63. The first kappa shape index (κ1) is 17.3. The van der Waals surface area contributed by atoms with E-state index in [1.807, 2.05) is 60.7 Å². The number of hydrogen-bond donors (Lipinski definition) is 1. The van der Waals surface area contributed by atoms with Gasteiger partial charge in [-0.15, -0.1) is 0 Å². The van der Waals surface area contributed by atoms with Crippen LogP contribution in [-0.2, 0) is 16.1 Å². The maximum Gasteiger partial charge on any atom is 0.240 e. The van der Waals surface area contributed by atoms with Gasteiger partial charge in [0.2, 0.25) is 11.8 Å². The van der Waals surface area contributed by atoms with Crippen LogP contribution in [0.25, 0.3) is 10.9 Å². The van der Waals surface area contributed by atoms with Gasteiger partial charge in [-0.25, -0.2) is 0 Å². The minimum Gasteiger partial charge on any atom is -0.497 e. The Morgan fingerprint density at radius 3 is 2.72 bits per heavy atom. The number of methoxy groups -OCH3 is 1. The van der Waals surface area contributed by atoms with Gasteiger partial charge in [0.1, 0.15) is 12.3 Å². The summed E-state index contributed by atoms with van der Waals surface area (Å²) in [6.45, 7) is 6.83. The van der Waals surface area contributed by atoms with Crippen molar-refractivity contribution in [1.29, 1.82) is 0 Å². The molecule has 0 spiro atoms. The highest BCUT2D eigenvalue weighted by molar-refractivity contribution is 5.85. The zero-order valence-electron chi connectivity index (χ0n) is 15.2. The summed E-state index contributed by atoms with van der Waals surface area (Å²) in [5, 5.41) is 4.02. The Bertz CT molecular complexity index is 804. The summed E-state index contributed by atoms with van der Waals surface area (Å²) >= 11 is 0. The van der Waals surface area contributed by atoms with Crippen LogP contribution in [-0.4, -0.2) is 46.5 Å². The van der Waals surface area contributed by atoms with Gasteiger partial charge in [-0.3, -0.25) is 9.59 Å². The minimum absolute atomic E-state index is 0.0816. The quantitative estimate of drug-likeness (QED) is 0.925. The Morgan fingerprint density at radius 2 is 2.08 bits per heavy atom. The summed E-state index contributed by atoms with van der Waals surface area (Å²) < 4.78 is 7.13. The number of likely N-dealkylation sites (tertiary alicyclic amines) is 1. The second kappa shape index (κ2) is 6.43. The Morgan fingerprint density at radius 1 is 1.32 bits per heavy atom. The van der Waals surface area contributed by atoms with Gasteiger partial charge in [0.05, 0.1) is 13.2 Å². The number of hydrogen-bond acceptors (Lipinski definition) is 3. The number of fused-ring (bicyclic) bond motifs is 1. The summed E-state index contributed by atoms with van der Waals surface area (Å²) in [6, 6.07) is 7.61. The number of carbonyl (C=O) groups excluding carboxylic acids is 2. The van der Waals surface area contributed by atoms with Crippen LogP contribution in [0, 0.1) is 0 Å². The van der Waals surface area contributed by atoms with E-state index >= 15 is 0 Å². The van der Waals surface area contributed by atoms with Gasteiger partial charge in [-0.1, -0.05) is 0 Å². The van der Waals surface area contributed by atoms with E-state index in [1.165, 1.54) is 0 Å². The molecule has 0 bridgehead atoms. The zero-order chi connectivity index (χ0) is 18.2. The topological polar surface area (TPSA) is 63.6 Å². The number of aromatic nitrogens is 1. The van der Waals surface area contributed by atoms with Crippen LogP contribution >= 0.6 is 0 Å². The number of amides is 2. The molecule has 1 unspecified atom stereocenters. The number of nitrogens with one attached hydrogen (secondary N) is 1. The van der Waals surface area contributed by atoms with Crippen LogP contribution in [0.5, 0.6) is 5.75 Å². The summed E-state index contributed by atoms with van der Waals surface area (Å²) in [5.41, 5.74) is 0.765. The number of ether oxygens (including phenoxy) is 1. The van der Waals surface area contributed by atoms with Gasteiger partial charge in [0, 0.05) is 35.6 Å². The van der Waals surface area contributed by atoms with E-state index < -0.39 is 0 Å². The first-order chi connectivity index (χ1) is 11.8. The smallest absolute Gasteiger partial charge is 0.240 e. The van der Waals surface area contributed by atoms with Crippen LogP contribution < -0.4 is 10.1 Å². The molecule has 6 nitrogen and oxygen atoms in total. The first-order valence-corrected chi connectivity index (χ1v) is 8.50. The van der Waals surface area contributed by atoms with Crippen LogP contribution in [0.1, 0.15) is 27.2 Å². The second-order valence-corrected chi connectivity index (χ2v) is 7.51. The lowest BCUT2D eigenvalue weighted by Gasteiger charge is -2.32. The molecule has 3 rings (SSSR count). The van der Waals surface area contributed by atoms with Gasteiger partial charge < -0.3 is 19.5 Å². The third-order valence-electron chi connectivity index (χ3n) is 4.59. The molecule has 1 aromatic carbocycles. The van der Waals surface area contributed by atoms with Crippen molar-refractivity contribution in [2.24, 2.45) is 0 Å². The largest absolute Gasteiger partial charge is 0.497 e. The van der Waals surface area contributed by atoms with Gasteiger partial charge in [-0.2, -0.15) is 0 Å². The minimum atomic E-state index is -0.216. The average Bonchev–Trinajstić information content (AvgIpc) is 3.10. The molecule has 6 heteroatoms. The molecular weight excluding hydrogens is 318 g/mol. The van der Waals surface area contributed by atoms with E-state index in [-0.39, 0.29) is 29.9 Å². The lowest BCUT2D eigenvalue weighted by molar-refractivity contribution is -0.131. The second-order valence-electron chi connectivity index (χ2n) is 7.51. The van der Waals surface area contributed by atoms with E-state index in [0.717, 1.165) is 16.7 Å². The lowest BCUT2D eigenvalue weighted by Crippen LogP contribution is -2.45. The van der Waals surface area contributed by atoms with Crippen molar-refractivity contribution >= 4 is 22.7 Å². The molecule has 134 valence electrons. The monoisotopic (exact) mass is 343 g/mol. The zero-order valence-corrected chi connectivity index (χ0v) is 15.2. The molecule has 2 heterocycles. The van der Waals surface area contributed by atoms with Crippen molar-refractivity contribution in [2.45, 2.75) is 45.3 Å². The third-order valence-corrected chi connectivity index (χ3v) is 4.59. The van der Waals surface area contributed by atoms with Crippen molar-refractivity contribution in [3.05, 3.63) is 30.5 Å². The summed E-state index contributed by atoms with van der Waals surface area (Å²) in [5.74, 6) is 0.805. The predicted octanol–water partition coefficient (Wildman–Crippen LogP) is 2.17. The maximum absolute atomic E-state index is 12.4. The highest BCUT2D eigenvalue weighted by Crippen LogP contribution is 2.23. The number of benzene rings is 1. The molecule has 2 aromatic rings. The van der Waals surface area contributed by atoms with Gasteiger partial charge in [0.15, 0.2) is 0 Å². The molecular formula is C19H25N3O3. The third kappa shape index (κ3) is 3.62. The first-order valence-electron chi connectivity index (χ1n) is 8.50. The van der Waals surface area contributed by atoms with E-state index in [9.17, 15) is 9.59 Å². The van der Waals surface area contributed by atoms with Crippen LogP contribution in [0.4, 0.5) is 0 Å². The molecule has 1 atom stereocenters. The fourth-order valence-corrected chi connectivity index (χ4v) is 3.32. The molecule has 25 heavy (non-hydrogen) atoms. The molecule has 1 fully saturated rings. The van der Waals surface area contributed by atoms with Crippen LogP contribution in [0.2, 0.25) is 0 Å². The number of carbonyl (C=O) groups is 2. The molecule has 1 aliphatic heterocycles. The predicted molar refractivity (Wildman–Crippen MR) is 96.5 cm³/mol. The molecule has 1 aromatic heterocycles. The molecule has 0 radical (unpaired) electrons. The van der Waals surface area contributed by atoms with Crippen molar-refractivity contribution in [3.63, 3.8) is 0 Å². The van der Waals surface area contributed by atoms with Crippen LogP contribution in [0.3, 0.4) is 0 Å². The Balaban J connectivity index is 1.65. The number of nitrogens with zero attached hydrogens (tertiary/aromatic N) is 2. The fourth-order valence-electron chi connectivity index (χ4n) is 3.32. The Kier molecular flexibility index (Phi) is 4.45. The highest BCUT2D eigenvalue weighted by atomic mass is 16.5. The van der Waals surface area contributed by atoms with Gasteiger partial charge in [0.25, 0.3) is 0 Å². The number of rotatable bonds is 4. The molecule has 0 saturated carbocycles. The van der Waals surface area contributed by atoms with Crippen molar-refractivity contribution in [2.75, 3.05) is 13.7 Å². The van der Waals surface area contributed by atoms with Gasteiger partial charge >= 0.3 is 0 Å². The van der Waals surface area contributed by atoms with Gasteiger partial charge in [-0.05, 0) is 45.0 Å². The molecule has 1 saturated heterocycles. The molecule has 1 aliphatic rings. The van der Waals surface area contributed by atoms with E-state index in [2.05, 4.69) is 5.32 Å². The lowest BCUT2D eigenvalue weighted by atomic mass is 10.1. The van der Waals surface area contributed by atoms with Crippen molar-refractivity contribution < 1.29 is 14.3 Å². The molecule has 2 amide bonds. The standard InChI is InChI=1S/C19H25N3O3/c1-19(2,3)22-11-14(10-18(22)24)20-17(23)12-21-8-7-13-9-15(25-4)5-6-16(13)21/h5-9,14H,10-12H2,1-4H3,(H,20,23). The summed E-state index contributed by atoms with van der Waals surface area (Å²) in [6.07, 6.45) is 2.26. The van der Waals surface area contributed by atoms with Crippen LogP contribution in [0.15, 0.2) is 30.5 Å². The van der Waals surface area contributed by atoms with E-state index in [4.69, 9.17) is 4.74 Å². The molecule has 0 aliphatic carbocycles. The SMILES string of the molecule is COc1ccc2c(ccn2CC(=O)NC2CC(=O)N(C(C)(C)C)C2)c1. The average molecular weight is 343 g/mol. The molecule has 1 N–H and O–H groups in total. The summed E-state index contributed by atoms with van der Waals surface area (Å²) in [4.78, 5) is 26.4. The highest BCUT2D eigenvalue weighted by Gasteiger charge is 2.36. The normalized spacial score (nSPS) is 18.0. The van der Waals surface area contributed by atoms with Crippen molar-refractivity contribution in [1.82, 2.24) is 14.8 Å². The van der Waals surface area contributed by atoms with Crippen molar-refractivity contribution in [3.8, 4) is 5.75 Å². The Labute approximate surface area is 147 Å².